The molecule has 2 unspecified atom stereocenters. The Labute approximate surface area is 168 Å². The molecule has 2 rings (SSSR count). The molecule has 0 bridgehead atoms. The van der Waals surface area contributed by atoms with Gasteiger partial charge >= 0.3 is 5.97 Å². The van der Waals surface area contributed by atoms with Gasteiger partial charge in [0.25, 0.3) is 0 Å². The third-order valence-corrected chi connectivity index (χ3v) is 7.00. The van der Waals surface area contributed by atoms with Crippen LogP contribution in [0.5, 0.6) is 0 Å². The van der Waals surface area contributed by atoms with Crippen molar-refractivity contribution < 1.29 is 27.1 Å². The number of hydrogen-bond acceptors (Lipinski definition) is 6. The molecule has 6 nitrogen and oxygen atoms in total. The average molecular weight is 425 g/mol. The standard InChI is InChI=1S/C20H28O6SSi/c1-6-25-19(21)18-15-17(27(22,23)16-11-8-7-9-12-16)13-10-14-20(18,24-2)26-28(3,4)5/h7-12,14-15,18H,6,13H2,1-5H3. The number of sulfone groups is 1. The maximum Gasteiger partial charge on any atom is 0.318 e. The van der Waals surface area contributed by atoms with Crippen molar-refractivity contribution in [3.05, 3.63) is 53.5 Å². The highest BCUT2D eigenvalue weighted by Crippen LogP contribution is 2.37. The molecule has 0 saturated carbocycles. The van der Waals surface area contributed by atoms with Gasteiger partial charge in [-0.1, -0.05) is 24.3 Å². The summed E-state index contributed by atoms with van der Waals surface area (Å²) in [6, 6.07) is 8.14. The quantitative estimate of drug-likeness (QED) is 0.288. The second-order valence-electron chi connectivity index (χ2n) is 7.43. The zero-order chi connectivity index (χ0) is 21.0. The molecule has 1 aliphatic rings. The van der Waals surface area contributed by atoms with Gasteiger partial charge < -0.3 is 13.9 Å². The second kappa shape index (κ2) is 8.73. The Morgan fingerprint density at radius 2 is 1.86 bits per heavy atom. The van der Waals surface area contributed by atoms with E-state index in [0.29, 0.717) is 0 Å². The van der Waals surface area contributed by atoms with Gasteiger partial charge in [-0.25, -0.2) is 8.42 Å². The first kappa shape index (κ1) is 22.5. The summed E-state index contributed by atoms with van der Waals surface area (Å²) in [6.07, 6.45) is 4.86. The van der Waals surface area contributed by atoms with E-state index in [1.165, 1.54) is 25.3 Å². The van der Waals surface area contributed by atoms with E-state index in [2.05, 4.69) is 0 Å². The molecule has 1 aliphatic carbocycles. The third-order valence-electron chi connectivity index (χ3n) is 4.18. The Bertz CT molecular complexity index is 854. The molecule has 1 aromatic rings. The van der Waals surface area contributed by atoms with Gasteiger partial charge in [0.2, 0.25) is 9.84 Å². The van der Waals surface area contributed by atoms with Crippen LogP contribution >= 0.6 is 0 Å². The van der Waals surface area contributed by atoms with Gasteiger partial charge in [-0.3, -0.25) is 4.79 Å². The number of carbonyl (C=O) groups is 1. The minimum Gasteiger partial charge on any atom is -0.465 e. The van der Waals surface area contributed by atoms with Crippen LogP contribution in [0, 0.1) is 5.92 Å². The van der Waals surface area contributed by atoms with Crippen LogP contribution in [0.4, 0.5) is 0 Å². The normalized spacial score (nSPS) is 23.0. The van der Waals surface area contributed by atoms with Crippen molar-refractivity contribution in [1.29, 1.82) is 0 Å². The number of ether oxygens (including phenoxy) is 2. The minimum atomic E-state index is -3.77. The fourth-order valence-electron chi connectivity index (χ4n) is 3.04. The molecule has 0 amide bonds. The Balaban J connectivity index is 2.61. The van der Waals surface area contributed by atoms with Gasteiger partial charge in [-0.2, -0.15) is 0 Å². The van der Waals surface area contributed by atoms with Crippen LogP contribution in [0.2, 0.25) is 19.6 Å². The highest BCUT2D eigenvalue weighted by atomic mass is 32.2. The van der Waals surface area contributed by atoms with Gasteiger partial charge in [0, 0.05) is 13.5 Å². The second-order valence-corrected chi connectivity index (χ2v) is 13.9. The molecular weight excluding hydrogens is 396 g/mol. The number of esters is 1. The van der Waals surface area contributed by atoms with E-state index >= 15 is 0 Å². The van der Waals surface area contributed by atoms with Crippen molar-refractivity contribution in [1.82, 2.24) is 0 Å². The predicted octanol–water partition coefficient (Wildman–Crippen LogP) is 3.68. The van der Waals surface area contributed by atoms with Crippen molar-refractivity contribution in [3.63, 3.8) is 0 Å². The van der Waals surface area contributed by atoms with Gasteiger partial charge in [0.05, 0.1) is 16.4 Å². The number of carbonyl (C=O) groups excluding carboxylic acids is 1. The number of methoxy groups -OCH3 is 1. The zero-order valence-electron chi connectivity index (χ0n) is 17.0. The van der Waals surface area contributed by atoms with E-state index in [1.54, 1.807) is 37.3 Å². The fourth-order valence-corrected chi connectivity index (χ4v) is 5.73. The third kappa shape index (κ3) is 4.99. The lowest BCUT2D eigenvalue weighted by Gasteiger charge is -2.38. The van der Waals surface area contributed by atoms with Crippen LogP contribution in [0.1, 0.15) is 13.3 Å². The highest BCUT2D eigenvalue weighted by Gasteiger charge is 2.47. The topological polar surface area (TPSA) is 78.9 Å². The summed E-state index contributed by atoms with van der Waals surface area (Å²) in [4.78, 5) is 13.1. The molecule has 0 spiro atoms. The zero-order valence-corrected chi connectivity index (χ0v) is 18.8. The van der Waals surface area contributed by atoms with E-state index in [4.69, 9.17) is 13.9 Å². The highest BCUT2D eigenvalue weighted by molar-refractivity contribution is 7.95. The van der Waals surface area contributed by atoms with E-state index in [0.717, 1.165) is 0 Å². The average Bonchev–Trinajstić information content (AvgIpc) is 2.82. The lowest BCUT2D eigenvalue weighted by molar-refractivity contribution is -0.184. The molecule has 8 heteroatoms. The molecule has 0 fully saturated rings. The smallest absolute Gasteiger partial charge is 0.318 e. The van der Waals surface area contributed by atoms with Gasteiger partial charge in [-0.05, 0) is 50.8 Å². The molecule has 0 radical (unpaired) electrons. The molecule has 0 saturated heterocycles. The fraction of sp³-hybridized carbons (Fsp3) is 0.450. The van der Waals surface area contributed by atoms with Crippen LogP contribution in [-0.4, -0.2) is 42.2 Å². The molecule has 2 atom stereocenters. The van der Waals surface area contributed by atoms with Gasteiger partial charge in [0.15, 0.2) is 14.1 Å². The van der Waals surface area contributed by atoms with Gasteiger partial charge in [0.1, 0.15) is 5.92 Å². The van der Waals surface area contributed by atoms with E-state index in [9.17, 15) is 13.2 Å². The summed E-state index contributed by atoms with van der Waals surface area (Å²) in [5.74, 6) is -3.05. The summed E-state index contributed by atoms with van der Waals surface area (Å²) in [6.45, 7) is 7.78. The number of benzene rings is 1. The van der Waals surface area contributed by atoms with E-state index < -0.39 is 35.8 Å². The first-order chi connectivity index (χ1) is 13.1. The summed E-state index contributed by atoms with van der Waals surface area (Å²) in [5, 5.41) is 0. The first-order valence-corrected chi connectivity index (χ1v) is 14.1. The number of rotatable bonds is 7. The van der Waals surface area contributed by atoms with Crippen LogP contribution in [0.15, 0.2) is 58.4 Å². The molecule has 0 N–H and O–H groups in total. The Kier molecular flexibility index (Phi) is 7.03. The van der Waals surface area contributed by atoms with Crippen LogP contribution in [0.25, 0.3) is 0 Å². The maximum absolute atomic E-state index is 13.1. The monoisotopic (exact) mass is 424 g/mol. The lowest BCUT2D eigenvalue weighted by Crippen LogP contribution is -2.50. The molecule has 0 aromatic heterocycles. The molecule has 0 aliphatic heterocycles. The van der Waals surface area contributed by atoms with Crippen molar-refractivity contribution in [2.75, 3.05) is 13.7 Å². The Morgan fingerprint density at radius 1 is 1.21 bits per heavy atom. The SMILES string of the molecule is CCOC(=O)C1C=C(S(=O)(=O)c2ccccc2)CC=CC1(OC)O[Si](C)(C)C. The van der Waals surface area contributed by atoms with Crippen molar-refractivity contribution in [3.8, 4) is 0 Å². The Morgan fingerprint density at radius 3 is 2.39 bits per heavy atom. The van der Waals surface area contributed by atoms with E-state index in [1.807, 2.05) is 19.6 Å². The number of allylic oxidation sites excluding steroid dienone is 2. The van der Waals surface area contributed by atoms with Crippen LogP contribution in [0.3, 0.4) is 0 Å². The van der Waals surface area contributed by atoms with Crippen LogP contribution in [-0.2, 0) is 28.5 Å². The molecule has 154 valence electrons. The summed E-state index contributed by atoms with van der Waals surface area (Å²) >= 11 is 0. The van der Waals surface area contributed by atoms with Crippen LogP contribution < -0.4 is 0 Å². The first-order valence-electron chi connectivity index (χ1n) is 9.16. The number of hydrogen-bond donors (Lipinski definition) is 0. The lowest BCUT2D eigenvalue weighted by atomic mass is 9.98. The largest absolute Gasteiger partial charge is 0.465 e. The van der Waals surface area contributed by atoms with Crippen molar-refractivity contribution in [2.45, 2.75) is 43.7 Å². The predicted molar refractivity (Wildman–Crippen MR) is 110 cm³/mol. The molecule has 28 heavy (non-hydrogen) atoms. The molecule has 0 heterocycles. The summed E-state index contributed by atoms with van der Waals surface area (Å²) < 4.78 is 43.4. The molecule has 1 aromatic carbocycles. The maximum atomic E-state index is 13.1. The Hall–Kier alpha value is -1.74. The summed E-state index contributed by atoms with van der Waals surface area (Å²) in [5.41, 5.74) is 0. The van der Waals surface area contributed by atoms with Gasteiger partial charge in [-0.15, -0.1) is 0 Å². The summed E-state index contributed by atoms with van der Waals surface area (Å²) in [7, 11) is -4.49. The van der Waals surface area contributed by atoms with Crippen molar-refractivity contribution in [2.24, 2.45) is 5.92 Å². The minimum absolute atomic E-state index is 0.117. The molecular formula is C20H28O6SSi. The van der Waals surface area contributed by atoms with E-state index in [-0.39, 0.29) is 22.8 Å². The van der Waals surface area contributed by atoms with Crippen molar-refractivity contribution >= 4 is 24.1 Å².